The number of alkyl halides is 1. The van der Waals surface area contributed by atoms with Gasteiger partial charge in [0.25, 0.3) is 5.91 Å². The second-order valence-corrected chi connectivity index (χ2v) is 4.89. The Morgan fingerprint density at radius 1 is 1.25 bits per heavy atom. The van der Waals surface area contributed by atoms with Gasteiger partial charge in [0, 0.05) is 24.0 Å². The zero-order chi connectivity index (χ0) is 11.4. The fraction of sp³-hybridized carbons (Fsp3) is 0.462. The van der Waals surface area contributed by atoms with Crippen LogP contribution in [-0.4, -0.2) is 29.2 Å². The molecule has 2 nitrogen and oxygen atoms in total. The van der Waals surface area contributed by atoms with Gasteiger partial charge in [-0.2, -0.15) is 0 Å². The predicted molar refractivity (Wildman–Crippen MR) is 69.1 cm³/mol. The normalized spacial score (nSPS) is 15.1. The summed E-state index contributed by atoms with van der Waals surface area (Å²) >= 11 is 3.41. The zero-order valence-corrected chi connectivity index (χ0v) is 10.9. The molecule has 0 spiro atoms. The first-order chi connectivity index (χ1) is 7.83. The first kappa shape index (κ1) is 11.6. The van der Waals surface area contributed by atoms with E-state index in [1.807, 2.05) is 23.1 Å². The van der Waals surface area contributed by atoms with Crippen molar-refractivity contribution in [3.63, 3.8) is 0 Å². The van der Waals surface area contributed by atoms with E-state index in [-0.39, 0.29) is 5.91 Å². The summed E-state index contributed by atoms with van der Waals surface area (Å²) in [6.07, 6.45) is 3.21. The minimum atomic E-state index is 0.205. The average molecular weight is 282 g/mol. The number of hydrogen-bond donors (Lipinski definition) is 0. The van der Waals surface area contributed by atoms with Crippen LogP contribution in [0.4, 0.5) is 0 Å². The Kier molecular flexibility index (Phi) is 3.99. The van der Waals surface area contributed by atoms with Crippen LogP contribution in [0.2, 0.25) is 0 Å². The molecule has 0 unspecified atom stereocenters. The highest BCUT2D eigenvalue weighted by atomic mass is 79.9. The van der Waals surface area contributed by atoms with Crippen LogP contribution < -0.4 is 0 Å². The largest absolute Gasteiger partial charge is 0.338 e. The van der Waals surface area contributed by atoms with Crippen LogP contribution in [0.15, 0.2) is 24.3 Å². The van der Waals surface area contributed by atoms with Gasteiger partial charge in [0.05, 0.1) is 0 Å². The van der Waals surface area contributed by atoms with Crippen molar-refractivity contribution in [1.82, 2.24) is 4.90 Å². The van der Waals surface area contributed by atoms with E-state index in [0.717, 1.165) is 43.2 Å². The van der Waals surface area contributed by atoms with E-state index in [2.05, 4.69) is 22.0 Å². The van der Waals surface area contributed by atoms with Crippen molar-refractivity contribution >= 4 is 21.8 Å². The minimum Gasteiger partial charge on any atom is -0.338 e. The van der Waals surface area contributed by atoms with Crippen molar-refractivity contribution in [2.75, 3.05) is 18.4 Å². The lowest BCUT2D eigenvalue weighted by Gasteiger charge is -2.28. The zero-order valence-electron chi connectivity index (χ0n) is 9.29. The molecule has 86 valence electrons. The standard InChI is InChI=1S/C13H16BrNO/c14-8-3-4-9-15-10-7-11-5-1-2-6-12(11)13(15)16/h1-2,5-6H,3-4,7-10H2. The molecule has 0 saturated carbocycles. The van der Waals surface area contributed by atoms with Crippen LogP contribution >= 0.6 is 15.9 Å². The lowest BCUT2D eigenvalue weighted by molar-refractivity contribution is 0.0737. The van der Waals surface area contributed by atoms with E-state index in [1.54, 1.807) is 0 Å². The number of unbranched alkanes of at least 4 members (excludes halogenated alkanes) is 1. The fourth-order valence-electron chi connectivity index (χ4n) is 2.08. The van der Waals surface area contributed by atoms with Crippen LogP contribution in [0.3, 0.4) is 0 Å². The number of fused-ring (bicyclic) bond motifs is 1. The van der Waals surface area contributed by atoms with Crippen LogP contribution in [-0.2, 0) is 6.42 Å². The second kappa shape index (κ2) is 5.48. The quantitative estimate of drug-likeness (QED) is 0.614. The van der Waals surface area contributed by atoms with Gasteiger partial charge in [0.1, 0.15) is 0 Å². The molecule has 16 heavy (non-hydrogen) atoms. The number of nitrogens with zero attached hydrogens (tertiary/aromatic N) is 1. The molecular weight excluding hydrogens is 266 g/mol. The van der Waals surface area contributed by atoms with E-state index in [4.69, 9.17) is 0 Å². The molecule has 1 aliphatic heterocycles. The van der Waals surface area contributed by atoms with Gasteiger partial charge in [-0.3, -0.25) is 4.79 Å². The summed E-state index contributed by atoms with van der Waals surface area (Å²) in [5, 5.41) is 1.02. The highest BCUT2D eigenvalue weighted by molar-refractivity contribution is 9.09. The van der Waals surface area contributed by atoms with Crippen LogP contribution in [0.1, 0.15) is 28.8 Å². The van der Waals surface area contributed by atoms with Crippen molar-refractivity contribution < 1.29 is 4.79 Å². The minimum absolute atomic E-state index is 0.205. The monoisotopic (exact) mass is 281 g/mol. The van der Waals surface area contributed by atoms with E-state index in [9.17, 15) is 4.79 Å². The maximum absolute atomic E-state index is 12.1. The topological polar surface area (TPSA) is 20.3 Å². The van der Waals surface area contributed by atoms with E-state index in [1.165, 1.54) is 5.56 Å². The third kappa shape index (κ3) is 2.46. The van der Waals surface area contributed by atoms with Crippen LogP contribution in [0.25, 0.3) is 0 Å². The number of carbonyl (C=O) groups excluding carboxylic acids is 1. The Morgan fingerprint density at radius 3 is 2.88 bits per heavy atom. The summed E-state index contributed by atoms with van der Waals surface area (Å²) in [6.45, 7) is 1.76. The molecule has 0 fully saturated rings. The summed E-state index contributed by atoms with van der Waals surface area (Å²) in [4.78, 5) is 14.1. The third-order valence-electron chi connectivity index (χ3n) is 3.00. The molecule has 0 atom stereocenters. The Balaban J connectivity index is 2.03. The molecule has 0 aromatic heterocycles. The highest BCUT2D eigenvalue weighted by Crippen LogP contribution is 2.18. The fourth-order valence-corrected chi connectivity index (χ4v) is 2.48. The number of amides is 1. The van der Waals surface area contributed by atoms with Gasteiger partial charge in [-0.15, -0.1) is 0 Å². The summed E-state index contributed by atoms with van der Waals surface area (Å²) in [7, 11) is 0. The molecular formula is C13H16BrNO. The first-order valence-corrected chi connectivity index (χ1v) is 6.88. The first-order valence-electron chi connectivity index (χ1n) is 5.76. The van der Waals surface area contributed by atoms with E-state index in [0.29, 0.717) is 0 Å². The SMILES string of the molecule is O=C1c2ccccc2CCN1CCCCBr. The Morgan fingerprint density at radius 2 is 2.06 bits per heavy atom. The molecule has 0 aliphatic carbocycles. The van der Waals surface area contributed by atoms with Crippen LogP contribution in [0, 0.1) is 0 Å². The van der Waals surface area contributed by atoms with Gasteiger partial charge in [0.15, 0.2) is 0 Å². The van der Waals surface area contributed by atoms with Gasteiger partial charge in [0.2, 0.25) is 0 Å². The molecule has 0 saturated heterocycles. The highest BCUT2D eigenvalue weighted by Gasteiger charge is 2.22. The predicted octanol–water partition coefficient (Wildman–Crippen LogP) is 2.86. The Bertz CT molecular complexity index is 378. The summed E-state index contributed by atoms with van der Waals surface area (Å²) in [5.41, 5.74) is 2.09. The number of rotatable bonds is 4. The van der Waals surface area contributed by atoms with Gasteiger partial charge in [-0.25, -0.2) is 0 Å². The lowest BCUT2D eigenvalue weighted by atomic mass is 9.99. The maximum atomic E-state index is 12.1. The summed E-state index contributed by atoms with van der Waals surface area (Å²) < 4.78 is 0. The van der Waals surface area contributed by atoms with Gasteiger partial charge >= 0.3 is 0 Å². The molecule has 0 radical (unpaired) electrons. The van der Waals surface area contributed by atoms with Crippen LogP contribution in [0.5, 0.6) is 0 Å². The molecule has 0 bridgehead atoms. The van der Waals surface area contributed by atoms with Crippen molar-refractivity contribution in [2.24, 2.45) is 0 Å². The number of carbonyl (C=O) groups is 1. The van der Waals surface area contributed by atoms with Crippen molar-refractivity contribution in [2.45, 2.75) is 19.3 Å². The third-order valence-corrected chi connectivity index (χ3v) is 3.56. The smallest absolute Gasteiger partial charge is 0.254 e. The average Bonchev–Trinajstić information content (AvgIpc) is 2.33. The Labute approximate surface area is 105 Å². The van der Waals surface area contributed by atoms with Gasteiger partial charge < -0.3 is 4.90 Å². The maximum Gasteiger partial charge on any atom is 0.254 e. The molecule has 1 aromatic carbocycles. The van der Waals surface area contributed by atoms with Crippen molar-refractivity contribution in [1.29, 1.82) is 0 Å². The Hall–Kier alpha value is -0.830. The molecule has 0 N–H and O–H groups in total. The number of benzene rings is 1. The molecule has 1 aliphatic rings. The molecule has 1 aromatic rings. The van der Waals surface area contributed by atoms with Crippen molar-refractivity contribution in [3.05, 3.63) is 35.4 Å². The molecule has 1 heterocycles. The number of halogens is 1. The van der Waals surface area contributed by atoms with Crippen molar-refractivity contribution in [3.8, 4) is 0 Å². The molecule has 1 amide bonds. The van der Waals surface area contributed by atoms with Gasteiger partial charge in [-0.1, -0.05) is 34.1 Å². The van der Waals surface area contributed by atoms with E-state index >= 15 is 0 Å². The summed E-state index contributed by atoms with van der Waals surface area (Å²) in [5.74, 6) is 0.205. The molecule has 3 heteroatoms. The molecule has 2 rings (SSSR count). The second-order valence-electron chi connectivity index (χ2n) is 4.10. The lowest BCUT2D eigenvalue weighted by Crippen LogP contribution is -2.38. The summed E-state index contributed by atoms with van der Waals surface area (Å²) in [6, 6.07) is 7.95. The van der Waals surface area contributed by atoms with E-state index < -0.39 is 0 Å². The van der Waals surface area contributed by atoms with Gasteiger partial charge in [-0.05, 0) is 30.9 Å². The number of hydrogen-bond acceptors (Lipinski definition) is 1.